The molecule has 0 aromatic heterocycles. The molecule has 0 atom stereocenters. The molecule has 0 bridgehead atoms. The summed E-state index contributed by atoms with van der Waals surface area (Å²) in [5, 5.41) is 2.34. The van der Waals surface area contributed by atoms with Crippen LogP contribution < -0.4 is 4.74 Å². The van der Waals surface area contributed by atoms with Crippen LogP contribution in [0.1, 0.15) is 22.3 Å². The monoisotopic (exact) mass is 286 g/mol. The van der Waals surface area contributed by atoms with Crippen molar-refractivity contribution in [2.75, 3.05) is 7.11 Å². The first kappa shape index (κ1) is 14.2. The molecule has 3 aromatic rings. The second-order valence-corrected chi connectivity index (χ2v) is 5.55. The van der Waals surface area contributed by atoms with Gasteiger partial charge in [-0.2, -0.15) is 0 Å². The molecular formula is C21H18O. The van der Waals surface area contributed by atoms with Crippen LogP contribution in [0.4, 0.5) is 0 Å². The van der Waals surface area contributed by atoms with E-state index in [0.717, 1.165) is 22.3 Å². The van der Waals surface area contributed by atoms with Crippen molar-refractivity contribution < 1.29 is 4.74 Å². The molecule has 0 radical (unpaired) electrons. The zero-order valence-electron chi connectivity index (χ0n) is 13.1. The van der Waals surface area contributed by atoms with Crippen molar-refractivity contribution in [3.63, 3.8) is 0 Å². The van der Waals surface area contributed by atoms with Crippen molar-refractivity contribution in [1.82, 2.24) is 0 Å². The Hall–Kier alpha value is -2.72. The number of benzene rings is 3. The van der Waals surface area contributed by atoms with Gasteiger partial charge < -0.3 is 4.74 Å². The highest BCUT2D eigenvalue weighted by Crippen LogP contribution is 2.21. The van der Waals surface area contributed by atoms with Crippen LogP contribution in [-0.2, 0) is 0 Å². The first-order valence-corrected chi connectivity index (χ1v) is 7.32. The second kappa shape index (κ2) is 5.95. The van der Waals surface area contributed by atoms with Crippen LogP contribution >= 0.6 is 0 Å². The maximum absolute atomic E-state index is 5.25. The summed E-state index contributed by atoms with van der Waals surface area (Å²) in [5.74, 6) is 7.39. The van der Waals surface area contributed by atoms with Crippen molar-refractivity contribution in [3.05, 3.63) is 76.9 Å². The predicted molar refractivity (Wildman–Crippen MR) is 92.4 cm³/mol. The van der Waals surface area contributed by atoms with E-state index < -0.39 is 0 Å². The zero-order chi connectivity index (χ0) is 15.5. The molecule has 0 N–H and O–H groups in total. The number of methoxy groups -OCH3 is 1. The van der Waals surface area contributed by atoms with Crippen molar-refractivity contribution in [2.45, 2.75) is 13.8 Å². The van der Waals surface area contributed by atoms with E-state index in [1.807, 2.05) is 12.1 Å². The summed E-state index contributed by atoms with van der Waals surface area (Å²) >= 11 is 0. The van der Waals surface area contributed by atoms with E-state index in [4.69, 9.17) is 4.74 Å². The first-order valence-electron chi connectivity index (χ1n) is 7.32. The highest BCUT2D eigenvalue weighted by molar-refractivity contribution is 5.85. The van der Waals surface area contributed by atoms with Gasteiger partial charge in [0.15, 0.2) is 0 Å². The molecule has 0 heterocycles. The van der Waals surface area contributed by atoms with E-state index in [-0.39, 0.29) is 0 Å². The third kappa shape index (κ3) is 3.13. The van der Waals surface area contributed by atoms with Crippen LogP contribution in [0.2, 0.25) is 0 Å². The minimum absolute atomic E-state index is 0.876. The highest BCUT2D eigenvalue weighted by Gasteiger charge is 1.97. The summed E-state index contributed by atoms with van der Waals surface area (Å²) in [6.45, 7) is 4.20. The Morgan fingerprint density at radius 1 is 0.682 bits per heavy atom. The Morgan fingerprint density at radius 3 is 2.05 bits per heavy atom. The summed E-state index contributed by atoms with van der Waals surface area (Å²) in [7, 11) is 1.69. The minimum Gasteiger partial charge on any atom is -0.497 e. The molecule has 0 fully saturated rings. The van der Waals surface area contributed by atoms with E-state index >= 15 is 0 Å². The molecule has 3 aromatic carbocycles. The van der Waals surface area contributed by atoms with Crippen LogP contribution in [0.15, 0.2) is 54.6 Å². The normalized spacial score (nSPS) is 10.1. The fourth-order valence-corrected chi connectivity index (χ4v) is 2.62. The van der Waals surface area contributed by atoms with Gasteiger partial charge in [0.2, 0.25) is 0 Å². The van der Waals surface area contributed by atoms with Crippen LogP contribution in [0, 0.1) is 25.7 Å². The minimum atomic E-state index is 0.876. The number of hydrogen-bond donors (Lipinski definition) is 0. The summed E-state index contributed by atoms with van der Waals surface area (Å²) in [6, 6.07) is 18.7. The number of aryl methyl sites for hydroxylation is 2. The van der Waals surface area contributed by atoms with Gasteiger partial charge in [0, 0.05) is 11.1 Å². The smallest absolute Gasteiger partial charge is 0.119 e. The molecule has 0 aliphatic rings. The molecule has 0 unspecified atom stereocenters. The predicted octanol–water partition coefficient (Wildman–Crippen LogP) is 4.87. The van der Waals surface area contributed by atoms with E-state index in [1.165, 1.54) is 16.5 Å². The third-order valence-electron chi connectivity index (χ3n) is 3.62. The van der Waals surface area contributed by atoms with Gasteiger partial charge in [0.25, 0.3) is 0 Å². The van der Waals surface area contributed by atoms with Crippen LogP contribution in [0.5, 0.6) is 5.75 Å². The van der Waals surface area contributed by atoms with Crippen LogP contribution in [0.25, 0.3) is 10.8 Å². The topological polar surface area (TPSA) is 9.23 Å². The highest BCUT2D eigenvalue weighted by atomic mass is 16.5. The van der Waals surface area contributed by atoms with E-state index in [0.29, 0.717) is 0 Å². The molecule has 0 spiro atoms. The Kier molecular flexibility index (Phi) is 3.85. The van der Waals surface area contributed by atoms with Crippen molar-refractivity contribution >= 4 is 10.8 Å². The molecule has 3 rings (SSSR count). The van der Waals surface area contributed by atoms with Crippen LogP contribution in [0.3, 0.4) is 0 Å². The summed E-state index contributed by atoms with van der Waals surface area (Å²) in [4.78, 5) is 0. The van der Waals surface area contributed by atoms with Gasteiger partial charge in [-0.15, -0.1) is 0 Å². The molecule has 1 heteroatoms. The summed E-state index contributed by atoms with van der Waals surface area (Å²) in [5.41, 5.74) is 4.58. The molecule has 0 amide bonds. The fraction of sp³-hybridized carbons (Fsp3) is 0.143. The van der Waals surface area contributed by atoms with E-state index in [9.17, 15) is 0 Å². The molecule has 1 nitrogen and oxygen atoms in total. The SMILES string of the molecule is COc1ccc2cc(C#Cc3cc(C)cc(C)c3)ccc2c1. The average molecular weight is 286 g/mol. The van der Waals surface area contributed by atoms with Gasteiger partial charge in [-0.05, 0) is 72.1 Å². The first-order chi connectivity index (χ1) is 10.6. The molecule has 0 aliphatic heterocycles. The van der Waals surface area contributed by atoms with E-state index in [1.54, 1.807) is 7.11 Å². The average Bonchev–Trinajstić information content (AvgIpc) is 2.51. The molecule has 0 saturated carbocycles. The molecule has 108 valence electrons. The van der Waals surface area contributed by atoms with Crippen molar-refractivity contribution in [3.8, 4) is 17.6 Å². The Morgan fingerprint density at radius 2 is 1.32 bits per heavy atom. The molecule has 22 heavy (non-hydrogen) atoms. The van der Waals surface area contributed by atoms with E-state index in [2.05, 4.69) is 68.2 Å². The summed E-state index contributed by atoms with van der Waals surface area (Å²) in [6.07, 6.45) is 0. The van der Waals surface area contributed by atoms with Gasteiger partial charge in [0.05, 0.1) is 7.11 Å². The van der Waals surface area contributed by atoms with Gasteiger partial charge in [-0.3, -0.25) is 0 Å². The molecule has 0 aliphatic carbocycles. The van der Waals surface area contributed by atoms with Gasteiger partial charge in [0.1, 0.15) is 5.75 Å². The lowest BCUT2D eigenvalue weighted by atomic mass is 10.1. The van der Waals surface area contributed by atoms with Gasteiger partial charge in [-0.1, -0.05) is 30.0 Å². The van der Waals surface area contributed by atoms with Gasteiger partial charge in [-0.25, -0.2) is 0 Å². The van der Waals surface area contributed by atoms with Gasteiger partial charge >= 0.3 is 0 Å². The Balaban J connectivity index is 1.96. The lowest BCUT2D eigenvalue weighted by Gasteiger charge is -2.02. The molecular weight excluding hydrogens is 268 g/mol. The second-order valence-electron chi connectivity index (χ2n) is 5.55. The Bertz CT molecular complexity index is 874. The molecule has 0 saturated heterocycles. The van der Waals surface area contributed by atoms with Crippen molar-refractivity contribution in [1.29, 1.82) is 0 Å². The zero-order valence-corrected chi connectivity index (χ0v) is 13.1. The number of fused-ring (bicyclic) bond motifs is 1. The van der Waals surface area contributed by atoms with Crippen LogP contribution in [-0.4, -0.2) is 7.11 Å². The Labute approximate surface area is 131 Å². The summed E-state index contributed by atoms with van der Waals surface area (Å²) < 4.78 is 5.25. The van der Waals surface area contributed by atoms with Crippen molar-refractivity contribution in [2.24, 2.45) is 0 Å². The standard InChI is InChI=1S/C21H18O/c1-15-10-16(2)12-18(11-15)5-4-17-6-7-20-14-21(22-3)9-8-19(20)13-17/h6-14H,1-3H3. The largest absolute Gasteiger partial charge is 0.497 e. The third-order valence-corrected chi connectivity index (χ3v) is 3.62. The number of rotatable bonds is 1. The number of hydrogen-bond acceptors (Lipinski definition) is 1. The number of ether oxygens (including phenoxy) is 1. The maximum atomic E-state index is 5.25. The maximum Gasteiger partial charge on any atom is 0.119 e. The lowest BCUT2D eigenvalue weighted by molar-refractivity contribution is 0.415. The lowest BCUT2D eigenvalue weighted by Crippen LogP contribution is -1.84. The quantitative estimate of drug-likeness (QED) is 0.580. The fourth-order valence-electron chi connectivity index (χ4n) is 2.62.